The minimum Gasteiger partial charge on any atom is -0.356 e. The molecule has 0 amide bonds. The van der Waals surface area contributed by atoms with Gasteiger partial charge in [0.25, 0.3) is 0 Å². The van der Waals surface area contributed by atoms with E-state index in [1.807, 2.05) is 0 Å². The van der Waals surface area contributed by atoms with Crippen LogP contribution in [0.1, 0.15) is 75.1 Å². The summed E-state index contributed by atoms with van der Waals surface area (Å²) >= 11 is 3.50. The third-order valence-electron chi connectivity index (χ3n) is 5.83. The number of fused-ring (bicyclic) bond motifs is 1. The van der Waals surface area contributed by atoms with Gasteiger partial charge in [-0.25, -0.2) is 4.68 Å². The fraction of sp³-hybridized carbons (Fsp3) is 0.650. The molecule has 0 radical (unpaired) electrons. The quantitative estimate of drug-likeness (QED) is 0.506. The van der Waals surface area contributed by atoms with Crippen molar-refractivity contribution in [3.05, 3.63) is 27.9 Å². The monoisotopic (exact) mass is 444 g/mol. The van der Waals surface area contributed by atoms with Crippen molar-refractivity contribution in [2.45, 2.75) is 70.2 Å². The molecule has 7 heteroatoms. The van der Waals surface area contributed by atoms with Crippen molar-refractivity contribution < 1.29 is 17.9 Å². The summed E-state index contributed by atoms with van der Waals surface area (Å²) in [6.45, 7) is 2.74. The molecule has 1 saturated carbocycles. The van der Waals surface area contributed by atoms with E-state index in [2.05, 4.69) is 28.0 Å². The second kappa shape index (κ2) is 7.39. The largest absolute Gasteiger partial charge is 0.416 e. The third-order valence-corrected chi connectivity index (χ3v) is 6.69. The van der Waals surface area contributed by atoms with E-state index in [1.54, 1.807) is 10.9 Å². The summed E-state index contributed by atoms with van der Waals surface area (Å²) in [4.78, 5) is 0. The van der Waals surface area contributed by atoms with Crippen LogP contribution in [0.2, 0.25) is 0 Å². The molecule has 27 heavy (non-hydrogen) atoms. The molecule has 2 fully saturated rings. The molecule has 3 unspecified atom stereocenters. The Balaban J connectivity index is 1.78. The summed E-state index contributed by atoms with van der Waals surface area (Å²) in [7, 11) is 0. The van der Waals surface area contributed by atoms with Gasteiger partial charge in [0.1, 0.15) is 0 Å². The van der Waals surface area contributed by atoms with Crippen LogP contribution < -0.4 is 0 Å². The van der Waals surface area contributed by atoms with Crippen LogP contribution in [0.25, 0.3) is 10.9 Å². The Morgan fingerprint density at radius 2 is 2.15 bits per heavy atom. The number of nitrogens with zero attached hydrogens (tertiary/aromatic N) is 2. The van der Waals surface area contributed by atoms with Gasteiger partial charge in [0.15, 0.2) is 6.23 Å². The van der Waals surface area contributed by atoms with Crippen molar-refractivity contribution in [1.82, 2.24) is 9.78 Å². The van der Waals surface area contributed by atoms with E-state index in [4.69, 9.17) is 4.74 Å². The summed E-state index contributed by atoms with van der Waals surface area (Å²) in [5.41, 5.74) is 0.388. The molecule has 148 valence electrons. The summed E-state index contributed by atoms with van der Waals surface area (Å²) < 4.78 is 49.7. The van der Waals surface area contributed by atoms with Crippen LogP contribution in [0.15, 0.2) is 16.7 Å². The predicted octanol–water partition coefficient (Wildman–Crippen LogP) is 6.81. The Kier molecular flexibility index (Phi) is 5.27. The van der Waals surface area contributed by atoms with Crippen LogP contribution in [0.5, 0.6) is 0 Å². The van der Waals surface area contributed by atoms with Gasteiger partial charge in [-0.1, -0.05) is 19.8 Å². The van der Waals surface area contributed by atoms with Crippen LogP contribution in [-0.2, 0) is 10.9 Å². The highest BCUT2D eigenvalue weighted by Crippen LogP contribution is 2.56. The van der Waals surface area contributed by atoms with E-state index in [0.717, 1.165) is 50.3 Å². The summed E-state index contributed by atoms with van der Waals surface area (Å²) in [5.74, 6) is 0.345. The number of alkyl halides is 3. The van der Waals surface area contributed by atoms with Gasteiger partial charge in [-0.05, 0) is 71.5 Å². The molecule has 2 aromatic rings. The van der Waals surface area contributed by atoms with Crippen molar-refractivity contribution >= 4 is 26.8 Å². The maximum absolute atomic E-state index is 13.9. The first-order chi connectivity index (χ1) is 12.9. The number of benzene rings is 1. The minimum absolute atomic E-state index is 0.0127. The SMILES string of the molecule is CCCCC1CC1c1c(C(F)(F)F)cc2c(cnn2C2CCCCO2)c1Br. The van der Waals surface area contributed by atoms with E-state index in [9.17, 15) is 13.2 Å². The van der Waals surface area contributed by atoms with E-state index in [0.29, 0.717) is 28.1 Å². The Morgan fingerprint density at radius 3 is 2.81 bits per heavy atom. The lowest BCUT2D eigenvalue weighted by molar-refractivity contribution is -0.138. The first-order valence-electron chi connectivity index (χ1n) is 9.80. The number of unbranched alkanes of at least 4 members (excludes halogenated alkanes) is 1. The van der Waals surface area contributed by atoms with Crippen molar-refractivity contribution in [1.29, 1.82) is 0 Å². The average Bonchev–Trinajstić information content (AvgIpc) is 3.27. The fourth-order valence-electron chi connectivity index (χ4n) is 4.29. The van der Waals surface area contributed by atoms with Gasteiger partial charge < -0.3 is 4.74 Å². The molecule has 0 spiro atoms. The zero-order valence-corrected chi connectivity index (χ0v) is 16.9. The number of hydrogen-bond acceptors (Lipinski definition) is 2. The molecule has 1 aliphatic heterocycles. The zero-order valence-electron chi connectivity index (χ0n) is 15.4. The van der Waals surface area contributed by atoms with Crippen LogP contribution in [0.4, 0.5) is 13.2 Å². The zero-order chi connectivity index (χ0) is 19.2. The molecule has 1 aromatic carbocycles. The van der Waals surface area contributed by atoms with Gasteiger partial charge in [0, 0.05) is 16.5 Å². The number of halogens is 4. The molecule has 3 atom stereocenters. The third kappa shape index (κ3) is 3.65. The van der Waals surface area contributed by atoms with Crippen molar-refractivity contribution in [2.24, 2.45) is 5.92 Å². The molecule has 4 rings (SSSR count). The smallest absolute Gasteiger partial charge is 0.356 e. The lowest BCUT2D eigenvalue weighted by Crippen LogP contribution is -2.19. The van der Waals surface area contributed by atoms with Crippen molar-refractivity contribution in [3.63, 3.8) is 0 Å². The molecule has 1 aliphatic carbocycles. The Hall–Kier alpha value is -1.08. The van der Waals surface area contributed by atoms with E-state index in [1.165, 1.54) is 6.07 Å². The standard InChI is InChI=1S/C20H24BrF3N2O/c1-2-3-6-12-9-13(12)18-15(20(22,23)24)10-16-14(19(18)21)11-25-26(16)17-7-4-5-8-27-17/h10-13,17H,2-9H2,1H3. The van der Waals surface area contributed by atoms with Crippen LogP contribution in [0.3, 0.4) is 0 Å². The Labute approximate surface area is 165 Å². The second-order valence-corrected chi connectivity index (χ2v) is 8.53. The topological polar surface area (TPSA) is 27.1 Å². The molecule has 2 aliphatic rings. The van der Waals surface area contributed by atoms with Crippen molar-refractivity contribution in [3.8, 4) is 0 Å². The number of hydrogen-bond donors (Lipinski definition) is 0. The normalized spacial score (nSPS) is 25.9. The number of aromatic nitrogens is 2. The summed E-state index contributed by atoms with van der Waals surface area (Å²) in [6, 6.07) is 1.29. The first-order valence-corrected chi connectivity index (χ1v) is 10.6. The molecule has 0 N–H and O–H groups in total. The summed E-state index contributed by atoms with van der Waals surface area (Å²) in [6.07, 6.45) is 3.74. The maximum Gasteiger partial charge on any atom is 0.416 e. The van der Waals surface area contributed by atoms with E-state index >= 15 is 0 Å². The van der Waals surface area contributed by atoms with Gasteiger partial charge in [-0.15, -0.1) is 0 Å². The molecular weight excluding hydrogens is 421 g/mol. The molecule has 1 saturated heterocycles. The van der Waals surface area contributed by atoms with E-state index in [-0.39, 0.29) is 12.1 Å². The van der Waals surface area contributed by atoms with Gasteiger partial charge >= 0.3 is 6.18 Å². The maximum atomic E-state index is 13.9. The highest BCUT2D eigenvalue weighted by atomic mass is 79.9. The van der Waals surface area contributed by atoms with Crippen LogP contribution in [-0.4, -0.2) is 16.4 Å². The van der Waals surface area contributed by atoms with Gasteiger partial charge in [0.05, 0.1) is 17.3 Å². The predicted molar refractivity (Wildman–Crippen MR) is 102 cm³/mol. The van der Waals surface area contributed by atoms with Crippen molar-refractivity contribution in [2.75, 3.05) is 6.61 Å². The lowest BCUT2D eigenvalue weighted by atomic mass is 9.98. The molecular formula is C20H24BrF3N2O. The molecule has 2 heterocycles. The average molecular weight is 445 g/mol. The fourth-order valence-corrected chi connectivity index (χ4v) is 5.11. The van der Waals surface area contributed by atoms with E-state index < -0.39 is 11.7 Å². The highest BCUT2D eigenvalue weighted by Gasteiger charge is 2.45. The van der Waals surface area contributed by atoms with Crippen LogP contribution >= 0.6 is 15.9 Å². The number of ether oxygens (including phenoxy) is 1. The van der Waals surface area contributed by atoms with Gasteiger partial charge in [-0.2, -0.15) is 18.3 Å². The first kappa shape index (κ1) is 19.2. The Morgan fingerprint density at radius 1 is 1.33 bits per heavy atom. The van der Waals surface area contributed by atoms with Crippen LogP contribution in [0, 0.1) is 5.92 Å². The lowest BCUT2D eigenvalue weighted by Gasteiger charge is -2.24. The molecule has 3 nitrogen and oxygen atoms in total. The Bertz CT molecular complexity index is 827. The number of rotatable bonds is 5. The van der Waals surface area contributed by atoms with Gasteiger partial charge in [0.2, 0.25) is 0 Å². The molecule has 0 bridgehead atoms. The van der Waals surface area contributed by atoms with Gasteiger partial charge in [-0.3, -0.25) is 0 Å². The highest BCUT2D eigenvalue weighted by molar-refractivity contribution is 9.10. The molecule has 1 aromatic heterocycles. The second-order valence-electron chi connectivity index (χ2n) is 7.74. The minimum atomic E-state index is -4.38. The summed E-state index contributed by atoms with van der Waals surface area (Å²) in [5, 5.41) is 5.13.